The van der Waals surface area contributed by atoms with Crippen LogP contribution in [-0.2, 0) is 25.7 Å². The van der Waals surface area contributed by atoms with Crippen LogP contribution in [-0.4, -0.2) is 47.9 Å². The third-order valence-electron chi connectivity index (χ3n) is 3.58. The smallest absolute Gasteiger partial charge is 0.410 e. The van der Waals surface area contributed by atoms with E-state index in [0.29, 0.717) is 5.69 Å². The van der Waals surface area contributed by atoms with E-state index in [-0.39, 0.29) is 32.0 Å². The van der Waals surface area contributed by atoms with Crippen LogP contribution in [0.25, 0.3) is 0 Å². The summed E-state index contributed by atoms with van der Waals surface area (Å²) in [5.41, 5.74) is 6.44. The summed E-state index contributed by atoms with van der Waals surface area (Å²) in [5, 5.41) is 5.21. The van der Waals surface area contributed by atoms with E-state index >= 15 is 0 Å². The van der Waals surface area contributed by atoms with Gasteiger partial charge < -0.3 is 21.1 Å². The summed E-state index contributed by atoms with van der Waals surface area (Å²) in [5.74, 6) is -1.10. The van der Waals surface area contributed by atoms with Crippen molar-refractivity contribution >= 4 is 29.5 Å². The highest BCUT2D eigenvalue weighted by Crippen LogP contribution is 2.18. The van der Waals surface area contributed by atoms with Crippen LogP contribution in [0.2, 0.25) is 0 Å². The largest absolute Gasteiger partial charge is 0.447 e. The fraction of sp³-hybridized carbons (Fsp3) is 0.375. The molecule has 0 radical (unpaired) electrons. The second-order valence-electron chi connectivity index (χ2n) is 5.61. The van der Waals surface area contributed by atoms with Crippen molar-refractivity contribution < 1.29 is 23.9 Å². The Hall–Kier alpha value is -3.10. The monoisotopic (exact) mass is 348 g/mol. The highest BCUT2D eigenvalue weighted by atomic mass is 16.6. The zero-order chi connectivity index (χ0) is 18.4. The van der Waals surface area contributed by atoms with Crippen LogP contribution < -0.4 is 16.4 Å². The third-order valence-corrected chi connectivity index (χ3v) is 3.58. The number of benzene rings is 1. The molecule has 0 aliphatic carbocycles. The predicted molar refractivity (Wildman–Crippen MR) is 88.2 cm³/mol. The minimum Gasteiger partial charge on any atom is -0.447 e. The van der Waals surface area contributed by atoms with Gasteiger partial charge in [0.1, 0.15) is 12.6 Å². The second-order valence-corrected chi connectivity index (χ2v) is 5.61. The first-order valence-corrected chi connectivity index (χ1v) is 7.72. The van der Waals surface area contributed by atoms with Crippen LogP contribution in [0, 0.1) is 0 Å². The highest BCUT2D eigenvalue weighted by molar-refractivity contribution is 5.89. The number of rotatable bonds is 7. The van der Waals surface area contributed by atoms with Crippen LogP contribution in [0.5, 0.6) is 0 Å². The number of hydrogen-bond donors (Lipinski definition) is 3. The average molecular weight is 348 g/mol. The molecule has 0 aromatic heterocycles. The molecule has 9 nitrogen and oxygen atoms in total. The van der Waals surface area contributed by atoms with Gasteiger partial charge in [0.2, 0.25) is 17.7 Å². The molecule has 25 heavy (non-hydrogen) atoms. The third kappa shape index (κ3) is 5.20. The van der Waals surface area contributed by atoms with E-state index in [2.05, 4.69) is 10.6 Å². The summed E-state index contributed by atoms with van der Waals surface area (Å²) in [6, 6.07) is 6.15. The van der Waals surface area contributed by atoms with Gasteiger partial charge in [0.15, 0.2) is 0 Å². The maximum Gasteiger partial charge on any atom is 0.410 e. The number of nitrogens with two attached hydrogens (primary N) is 1. The Labute approximate surface area is 144 Å². The van der Waals surface area contributed by atoms with E-state index in [1.165, 1.54) is 11.8 Å². The summed E-state index contributed by atoms with van der Waals surface area (Å²) in [6.07, 6.45) is -0.557. The number of anilines is 1. The van der Waals surface area contributed by atoms with Crippen molar-refractivity contribution in [2.24, 2.45) is 5.73 Å². The Morgan fingerprint density at radius 2 is 1.96 bits per heavy atom. The standard InChI is InChI=1S/C16H20N4O5/c1-10(21)19-12-4-2-11(3-5-12)8-20-13(9-25-16(20)24)15(23)18-7-6-14(17)22/h2-5,13H,6-9H2,1H3,(H2,17,22)(H,18,23)(H,19,21)/t13-/m0/s1. The zero-order valence-corrected chi connectivity index (χ0v) is 13.8. The SMILES string of the molecule is CC(=O)Nc1ccc(CN2C(=O)OC[C@H]2C(=O)NCCC(N)=O)cc1. The molecule has 9 heteroatoms. The summed E-state index contributed by atoms with van der Waals surface area (Å²) in [7, 11) is 0. The van der Waals surface area contributed by atoms with Crippen molar-refractivity contribution in [1.82, 2.24) is 10.2 Å². The fourth-order valence-corrected chi connectivity index (χ4v) is 2.36. The van der Waals surface area contributed by atoms with Crippen LogP contribution in [0.4, 0.5) is 10.5 Å². The molecule has 1 aliphatic heterocycles. The zero-order valence-electron chi connectivity index (χ0n) is 13.8. The van der Waals surface area contributed by atoms with E-state index in [1.54, 1.807) is 24.3 Å². The summed E-state index contributed by atoms with van der Waals surface area (Å²) in [6.45, 7) is 1.66. The predicted octanol–water partition coefficient (Wildman–Crippen LogP) is -0.0426. The fourth-order valence-electron chi connectivity index (χ4n) is 2.36. The second kappa shape index (κ2) is 8.13. The first kappa shape index (κ1) is 18.2. The molecule has 0 unspecified atom stereocenters. The average Bonchev–Trinajstić information content (AvgIpc) is 2.89. The van der Waals surface area contributed by atoms with Crippen LogP contribution >= 0.6 is 0 Å². The Morgan fingerprint density at radius 1 is 1.28 bits per heavy atom. The molecule has 0 spiro atoms. The van der Waals surface area contributed by atoms with Gasteiger partial charge in [-0.05, 0) is 17.7 Å². The van der Waals surface area contributed by atoms with Gasteiger partial charge in [-0.25, -0.2) is 4.79 Å². The van der Waals surface area contributed by atoms with Gasteiger partial charge in [-0.1, -0.05) is 12.1 Å². The molecule has 1 heterocycles. The van der Waals surface area contributed by atoms with Crippen molar-refractivity contribution in [2.75, 3.05) is 18.5 Å². The topological polar surface area (TPSA) is 131 Å². The maximum absolute atomic E-state index is 12.2. The molecule has 2 rings (SSSR count). The molecule has 4 N–H and O–H groups in total. The number of nitrogens with one attached hydrogen (secondary N) is 2. The van der Waals surface area contributed by atoms with Gasteiger partial charge in [-0.15, -0.1) is 0 Å². The van der Waals surface area contributed by atoms with E-state index in [1.807, 2.05) is 0 Å². The van der Waals surface area contributed by atoms with Gasteiger partial charge in [0.05, 0.1) is 6.54 Å². The normalized spacial score (nSPS) is 16.3. The molecular weight excluding hydrogens is 328 g/mol. The summed E-state index contributed by atoms with van der Waals surface area (Å²) >= 11 is 0. The van der Waals surface area contributed by atoms with Gasteiger partial charge in [0.25, 0.3) is 0 Å². The number of amides is 4. The van der Waals surface area contributed by atoms with Crippen molar-refractivity contribution in [3.8, 4) is 0 Å². The maximum atomic E-state index is 12.2. The van der Waals surface area contributed by atoms with E-state index in [4.69, 9.17) is 10.5 Å². The lowest BCUT2D eigenvalue weighted by Crippen LogP contribution is -2.46. The van der Waals surface area contributed by atoms with Crippen molar-refractivity contribution in [3.63, 3.8) is 0 Å². The number of carbonyl (C=O) groups is 4. The van der Waals surface area contributed by atoms with Crippen molar-refractivity contribution in [1.29, 1.82) is 0 Å². The van der Waals surface area contributed by atoms with E-state index in [0.717, 1.165) is 5.56 Å². The molecule has 1 saturated heterocycles. The number of primary amides is 1. The summed E-state index contributed by atoms with van der Waals surface area (Å²) < 4.78 is 4.95. The first-order valence-electron chi connectivity index (χ1n) is 7.72. The Balaban J connectivity index is 1.98. The van der Waals surface area contributed by atoms with Crippen LogP contribution in [0.1, 0.15) is 18.9 Å². The molecule has 4 amide bonds. The van der Waals surface area contributed by atoms with Gasteiger partial charge in [-0.3, -0.25) is 19.3 Å². The molecule has 0 bridgehead atoms. The number of cyclic esters (lactones) is 1. The number of hydrogen-bond acceptors (Lipinski definition) is 5. The van der Waals surface area contributed by atoms with Crippen molar-refractivity contribution in [3.05, 3.63) is 29.8 Å². The molecule has 1 aliphatic rings. The van der Waals surface area contributed by atoms with E-state index < -0.39 is 23.9 Å². The molecule has 134 valence electrons. The lowest BCUT2D eigenvalue weighted by Gasteiger charge is -2.21. The van der Waals surface area contributed by atoms with Crippen molar-refractivity contribution in [2.45, 2.75) is 25.9 Å². The summed E-state index contributed by atoms with van der Waals surface area (Å²) in [4.78, 5) is 47.1. The lowest BCUT2D eigenvalue weighted by atomic mass is 10.1. The molecule has 1 aromatic rings. The van der Waals surface area contributed by atoms with Gasteiger partial charge in [-0.2, -0.15) is 0 Å². The molecule has 1 atom stereocenters. The number of ether oxygens (including phenoxy) is 1. The van der Waals surface area contributed by atoms with Gasteiger partial charge in [0, 0.05) is 25.6 Å². The Kier molecular flexibility index (Phi) is 5.93. The molecule has 1 aromatic carbocycles. The number of nitrogens with zero attached hydrogens (tertiary/aromatic N) is 1. The quantitative estimate of drug-likeness (QED) is 0.636. The number of carbonyl (C=O) groups excluding carboxylic acids is 4. The first-order chi connectivity index (χ1) is 11.9. The lowest BCUT2D eigenvalue weighted by molar-refractivity contribution is -0.125. The Morgan fingerprint density at radius 3 is 2.56 bits per heavy atom. The molecule has 1 fully saturated rings. The highest BCUT2D eigenvalue weighted by Gasteiger charge is 2.37. The van der Waals surface area contributed by atoms with Crippen LogP contribution in [0.15, 0.2) is 24.3 Å². The molecular formula is C16H20N4O5. The van der Waals surface area contributed by atoms with Crippen LogP contribution in [0.3, 0.4) is 0 Å². The van der Waals surface area contributed by atoms with E-state index in [9.17, 15) is 19.2 Å². The molecule has 0 saturated carbocycles. The minimum absolute atomic E-state index is 0.0257. The van der Waals surface area contributed by atoms with Gasteiger partial charge >= 0.3 is 6.09 Å². The minimum atomic E-state index is -0.768. The Bertz CT molecular complexity index is 674.